The van der Waals surface area contributed by atoms with Crippen LogP contribution in [0.5, 0.6) is 5.75 Å². The van der Waals surface area contributed by atoms with Crippen molar-refractivity contribution in [3.8, 4) is 5.75 Å². The molecule has 0 saturated carbocycles. The Morgan fingerprint density at radius 1 is 1.33 bits per heavy atom. The molecule has 0 fully saturated rings. The normalized spacial score (nSPS) is 12.4. The first-order chi connectivity index (χ1) is 10.2. The van der Waals surface area contributed by atoms with E-state index in [0.29, 0.717) is 5.02 Å². The van der Waals surface area contributed by atoms with Crippen LogP contribution in [-0.2, 0) is 6.54 Å². The van der Waals surface area contributed by atoms with Gasteiger partial charge in [0.25, 0.3) is 0 Å². The maximum Gasteiger partial charge on any atom is 0.119 e. The molecule has 2 aromatic rings. The van der Waals surface area contributed by atoms with Gasteiger partial charge < -0.3 is 10.1 Å². The van der Waals surface area contributed by atoms with E-state index in [1.54, 1.807) is 6.20 Å². The SMILES string of the molecule is CCCOc1ccc(C(Cn2ncc(Cl)c2C)NC)cc1. The number of likely N-dealkylation sites (N-methyl/N-ethyl adjacent to an activating group) is 1. The van der Waals surface area contributed by atoms with Crippen molar-refractivity contribution in [1.29, 1.82) is 0 Å². The molecule has 1 aromatic carbocycles. The molecular formula is C16H22ClN3O. The van der Waals surface area contributed by atoms with Crippen molar-refractivity contribution in [2.45, 2.75) is 32.9 Å². The van der Waals surface area contributed by atoms with Crippen LogP contribution in [0, 0.1) is 6.92 Å². The second-order valence-corrected chi connectivity index (χ2v) is 5.43. The van der Waals surface area contributed by atoms with Gasteiger partial charge in [0.15, 0.2) is 0 Å². The van der Waals surface area contributed by atoms with Crippen molar-refractivity contribution in [3.63, 3.8) is 0 Å². The summed E-state index contributed by atoms with van der Waals surface area (Å²) in [4.78, 5) is 0. The average Bonchev–Trinajstić information content (AvgIpc) is 2.83. The molecule has 0 radical (unpaired) electrons. The monoisotopic (exact) mass is 307 g/mol. The number of aromatic nitrogens is 2. The average molecular weight is 308 g/mol. The van der Waals surface area contributed by atoms with Crippen molar-refractivity contribution in [1.82, 2.24) is 15.1 Å². The van der Waals surface area contributed by atoms with Crippen molar-refractivity contribution in [3.05, 3.63) is 46.7 Å². The Kier molecular flexibility index (Phi) is 5.65. The van der Waals surface area contributed by atoms with Crippen molar-refractivity contribution < 1.29 is 4.74 Å². The summed E-state index contributed by atoms with van der Waals surface area (Å²) in [6.45, 7) is 5.57. The van der Waals surface area contributed by atoms with Crippen LogP contribution in [0.1, 0.15) is 30.6 Å². The highest BCUT2D eigenvalue weighted by Crippen LogP contribution is 2.21. The Balaban J connectivity index is 2.08. The van der Waals surface area contributed by atoms with Gasteiger partial charge in [-0.25, -0.2) is 0 Å². The molecule has 0 spiro atoms. The lowest BCUT2D eigenvalue weighted by molar-refractivity contribution is 0.317. The number of hydrogen-bond donors (Lipinski definition) is 1. The third-order valence-electron chi connectivity index (χ3n) is 3.50. The molecule has 0 aliphatic rings. The van der Waals surface area contributed by atoms with E-state index in [0.717, 1.165) is 31.0 Å². The molecule has 0 saturated heterocycles. The Labute approximate surface area is 131 Å². The molecule has 21 heavy (non-hydrogen) atoms. The lowest BCUT2D eigenvalue weighted by atomic mass is 10.1. The van der Waals surface area contributed by atoms with Crippen LogP contribution < -0.4 is 10.1 Å². The van der Waals surface area contributed by atoms with Gasteiger partial charge in [0.05, 0.1) is 36.1 Å². The first-order valence-electron chi connectivity index (χ1n) is 7.23. The van der Waals surface area contributed by atoms with E-state index in [2.05, 4.69) is 29.5 Å². The maximum absolute atomic E-state index is 6.05. The third kappa shape index (κ3) is 3.99. The second kappa shape index (κ2) is 7.48. The zero-order valence-corrected chi connectivity index (χ0v) is 13.5. The van der Waals surface area contributed by atoms with Gasteiger partial charge in [-0.05, 0) is 38.1 Å². The number of nitrogens with one attached hydrogen (secondary N) is 1. The van der Waals surface area contributed by atoms with E-state index in [-0.39, 0.29) is 6.04 Å². The predicted molar refractivity (Wildman–Crippen MR) is 86.0 cm³/mol. The van der Waals surface area contributed by atoms with Crippen LogP contribution in [0.4, 0.5) is 0 Å². The van der Waals surface area contributed by atoms with Crippen LogP contribution in [0.25, 0.3) is 0 Å². The molecule has 1 aromatic heterocycles. The summed E-state index contributed by atoms with van der Waals surface area (Å²) in [6, 6.07) is 8.38. The molecule has 0 bridgehead atoms. The fourth-order valence-electron chi connectivity index (χ4n) is 2.16. The van der Waals surface area contributed by atoms with Gasteiger partial charge >= 0.3 is 0 Å². The topological polar surface area (TPSA) is 39.1 Å². The van der Waals surface area contributed by atoms with Gasteiger partial charge in [0.1, 0.15) is 5.75 Å². The predicted octanol–water partition coefficient (Wildman–Crippen LogP) is 3.59. The largest absolute Gasteiger partial charge is 0.494 e. The molecule has 2 rings (SSSR count). The van der Waals surface area contributed by atoms with Crippen molar-refractivity contribution in [2.24, 2.45) is 0 Å². The highest BCUT2D eigenvalue weighted by molar-refractivity contribution is 6.31. The lowest BCUT2D eigenvalue weighted by Crippen LogP contribution is -2.23. The van der Waals surface area contributed by atoms with Crippen LogP contribution in [0.3, 0.4) is 0 Å². The van der Waals surface area contributed by atoms with Gasteiger partial charge in [-0.2, -0.15) is 5.10 Å². The molecule has 114 valence electrons. The quantitative estimate of drug-likeness (QED) is 0.849. The number of hydrogen-bond acceptors (Lipinski definition) is 3. The number of halogens is 1. The smallest absolute Gasteiger partial charge is 0.119 e. The Morgan fingerprint density at radius 2 is 2.05 bits per heavy atom. The molecule has 0 aliphatic heterocycles. The highest BCUT2D eigenvalue weighted by Gasteiger charge is 2.13. The van der Waals surface area contributed by atoms with E-state index in [9.17, 15) is 0 Å². The standard InChI is InChI=1S/C16H22ClN3O/c1-4-9-21-14-7-5-13(6-8-14)16(18-3)11-20-12(2)15(17)10-19-20/h5-8,10,16,18H,4,9,11H2,1-3H3. The number of nitrogens with zero attached hydrogens (tertiary/aromatic N) is 2. The summed E-state index contributed by atoms with van der Waals surface area (Å²) < 4.78 is 7.53. The molecule has 1 unspecified atom stereocenters. The summed E-state index contributed by atoms with van der Waals surface area (Å²) in [5, 5.41) is 8.33. The van der Waals surface area contributed by atoms with E-state index >= 15 is 0 Å². The Morgan fingerprint density at radius 3 is 2.57 bits per heavy atom. The maximum atomic E-state index is 6.05. The van der Waals surface area contributed by atoms with Gasteiger partial charge in [0.2, 0.25) is 0 Å². The van der Waals surface area contributed by atoms with Gasteiger partial charge in [0, 0.05) is 0 Å². The molecule has 1 atom stereocenters. The minimum Gasteiger partial charge on any atom is -0.494 e. The van der Waals surface area contributed by atoms with Gasteiger partial charge in [-0.3, -0.25) is 4.68 Å². The molecule has 0 aliphatic carbocycles. The molecule has 5 heteroatoms. The molecule has 1 heterocycles. The molecule has 1 N–H and O–H groups in total. The minimum atomic E-state index is 0.180. The summed E-state index contributed by atoms with van der Waals surface area (Å²) in [5.74, 6) is 0.911. The van der Waals surface area contributed by atoms with Crippen LogP contribution >= 0.6 is 11.6 Å². The first kappa shape index (κ1) is 15.9. The highest BCUT2D eigenvalue weighted by atomic mass is 35.5. The summed E-state index contributed by atoms with van der Waals surface area (Å²) >= 11 is 6.05. The van der Waals surface area contributed by atoms with E-state index in [1.165, 1.54) is 5.56 Å². The summed E-state index contributed by atoms with van der Waals surface area (Å²) in [7, 11) is 1.95. The van der Waals surface area contributed by atoms with Crippen molar-refractivity contribution >= 4 is 11.6 Å². The fraction of sp³-hybridized carbons (Fsp3) is 0.438. The number of benzene rings is 1. The second-order valence-electron chi connectivity index (χ2n) is 5.02. The van der Waals surface area contributed by atoms with Crippen LogP contribution in [-0.4, -0.2) is 23.4 Å². The minimum absolute atomic E-state index is 0.180. The Hall–Kier alpha value is -1.52. The van der Waals surface area contributed by atoms with Gasteiger partial charge in [-0.1, -0.05) is 30.7 Å². The molecule has 4 nitrogen and oxygen atoms in total. The summed E-state index contributed by atoms with van der Waals surface area (Å²) in [5.41, 5.74) is 2.19. The zero-order valence-electron chi connectivity index (χ0n) is 12.8. The molecular weight excluding hydrogens is 286 g/mol. The first-order valence-corrected chi connectivity index (χ1v) is 7.61. The van der Waals surface area contributed by atoms with E-state index in [1.807, 2.05) is 30.8 Å². The van der Waals surface area contributed by atoms with Crippen molar-refractivity contribution in [2.75, 3.05) is 13.7 Å². The zero-order chi connectivity index (χ0) is 15.2. The lowest BCUT2D eigenvalue weighted by Gasteiger charge is -2.18. The van der Waals surface area contributed by atoms with Crippen LogP contribution in [0.2, 0.25) is 5.02 Å². The van der Waals surface area contributed by atoms with Crippen LogP contribution in [0.15, 0.2) is 30.5 Å². The summed E-state index contributed by atoms with van der Waals surface area (Å²) in [6.07, 6.45) is 2.70. The molecule has 0 amide bonds. The van der Waals surface area contributed by atoms with E-state index < -0.39 is 0 Å². The Bertz CT molecular complexity index is 565. The fourth-order valence-corrected chi connectivity index (χ4v) is 2.30. The van der Waals surface area contributed by atoms with E-state index in [4.69, 9.17) is 16.3 Å². The number of rotatable bonds is 7. The van der Waals surface area contributed by atoms with Gasteiger partial charge in [-0.15, -0.1) is 0 Å². The number of ether oxygens (including phenoxy) is 1. The third-order valence-corrected chi connectivity index (χ3v) is 3.87.